The molecule has 0 spiro atoms. The molecular weight excluding hydrogens is 504 g/mol. The minimum Gasteiger partial charge on any atom is -0.477 e. The number of carboxylic acids is 3. The van der Waals surface area contributed by atoms with E-state index in [1.807, 2.05) is 0 Å². The molecule has 0 saturated carbocycles. The van der Waals surface area contributed by atoms with E-state index in [1.54, 1.807) is 0 Å². The van der Waals surface area contributed by atoms with Crippen LogP contribution < -0.4 is 5.32 Å². The second-order valence-corrected chi connectivity index (χ2v) is 8.82. The quantitative estimate of drug-likeness (QED) is 0.176. The van der Waals surface area contributed by atoms with Gasteiger partial charge in [-0.05, 0) is 17.7 Å². The maximum atomic E-state index is 12.7. The van der Waals surface area contributed by atoms with Crippen LogP contribution in [0.5, 0.6) is 0 Å². The molecule has 33 heavy (non-hydrogen) atoms. The van der Waals surface area contributed by atoms with Crippen molar-refractivity contribution in [1.29, 1.82) is 0 Å². The lowest BCUT2D eigenvalue weighted by atomic mass is 9.81. The number of esters is 1. The topological polar surface area (TPSA) is 167 Å². The van der Waals surface area contributed by atoms with E-state index in [4.69, 9.17) is 4.74 Å². The van der Waals surface area contributed by atoms with Crippen LogP contribution in [0.2, 0.25) is 0 Å². The van der Waals surface area contributed by atoms with Crippen LogP contribution in [0, 0.1) is 0 Å². The summed E-state index contributed by atoms with van der Waals surface area (Å²) >= 11 is 3.03. The van der Waals surface area contributed by atoms with Crippen LogP contribution in [0.3, 0.4) is 0 Å². The standard InChI is InChI=1S/C21H27BrN2O9/c1-20(2,19(32)33-4)24(11-16(26)27,12-17(28)29)21(3,18(30)31)9-13-5-7-14(8-6-13)23-15(25)10-22/h5-8H,9-12H2,1-4H3,(H3-,23,25,26,27,28,29,30,31)/p+1. The minimum absolute atomic E-state index is 0.0822. The Morgan fingerprint density at radius 1 is 0.970 bits per heavy atom. The predicted octanol–water partition coefficient (Wildman–Crippen LogP) is 1.34. The molecule has 1 aromatic rings. The maximum absolute atomic E-state index is 12.7. The van der Waals surface area contributed by atoms with Gasteiger partial charge in [-0.3, -0.25) is 9.28 Å². The number of aliphatic carboxylic acids is 3. The molecule has 11 nitrogen and oxygen atoms in total. The zero-order chi connectivity index (χ0) is 25.6. The molecule has 0 saturated heterocycles. The third-order valence-electron chi connectivity index (χ3n) is 5.88. The molecule has 0 aliphatic heterocycles. The van der Waals surface area contributed by atoms with Crippen molar-refractivity contribution in [3.8, 4) is 0 Å². The van der Waals surface area contributed by atoms with E-state index in [0.29, 0.717) is 11.3 Å². The fraction of sp³-hybridized carbons (Fsp3) is 0.476. The Morgan fingerprint density at radius 2 is 1.45 bits per heavy atom. The minimum atomic E-state index is -2.07. The summed E-state index contributed by atoms with van der Waals surface area (Å²) in [6.45, 7) is 1.83. The number of ether oxygens (including phenoxy) is 1. The van der Waals surface area contributed by atoms with Crippen molar-refractivity contribution < 1.29 is 48.5 Å². The summed E-state index contributed by atoms with van der Waals surface area (Å²) in [5, 5.41) is 32.2. The van der Waals surface area contributed by atoms with E-state index in [0.717, 1.165) is 7.11 Å². The highest BCUT2D eigenvalue weighted by molar-refractivity contribution is 9.09. The summed E-state index contributed by atoms with van der Waals surface area (Å²) in [5.41, 5.74) is -3.06. The fourth-order valence-electron chi connectivity index (χ4n) is 4.01. The number of nitrogens with zero attached hydrogens (tertiary/aromatic N) is 1. The summed E-state index contributed by atoms with van der Waals surface area (Å²) in [5.74, 6) is -5.69. The molecule has 1 aromatic carbocycles. The van der Waals surface area contributed by atoms with Crippen LogP contribution in [0.1, 0.15) is 26.3 Å². The van der Waals surface area contributed by atoms with Crippen LogP contribution in [0.4, 0.5) is 5.69 Å². The van der Waals surface area contributed by atoms with Gasteiger partial charge in [0.15, 0.2) is 24.2 Å². The largest absolute Gasteiger partial charge is 0.477 e. The lowest BCUT2D eigenvalue weighted by Crippen LogP contribution is -2.79. The van der Waals surface area contributed by atoms with Gasteiger partial charge in [-0.15, -0.1) is 0 Å². The van der Waals surface area contributed by atoms with E-state index in [-0.39, 0.29) is 17.7 Å². The Morgan fingerprint density at radius 3 is 1.82 bits per heavy atom. The Kier molecular flexibility index (Phi) is 9.14. The number of rotatable bonds is 12. The zero-order valence-electron chi connectivity index (χ0n) is 18.8. The summed E-state index contributed by atoms with van der Waals surface area (Å²) in [7, 11) is 1.05. The number of nitrogens with one attached hydrogen (secondary N) is 1. The third-order valence-corrected chi connectivity index (χ3v) is 6.39. The summed E-state index contributed by atoms with van der Waals surface area (Å²) in [6, 6.07) is 6.14. The van der Waals surface area contributed by atoms with Crippen molar-refractivity contribution in [2.24, 2.45) is 0 Å². The number of halogens is 1. The molecule has 0 aliphatic carbocycles. The predicted molar refractivity (Wildman–Crippen MR) is 120 cm³/mol. The smallest absolute Gasteiger partial charge is 0.367 e. The molecule has 0 radical (unpaired) electrons. The highest BCUT2D eigenvalue weighted by Gasteiger charge is 2.65. The van der Waals surface area contributed by atoms with Gasteiger partial charge in [-0.2, -0.15) is 0 Å². The molecule has 1 atom stereocenters. The number of benzene rings is 1. The SMILES string of the molecule is COC(=O)C(C)(C)[N+](CC(=O)O)(CC(=O)O)C(C)(Cc1ccc(NC(=O)CBr)cc1)C(=O)O. The molecule has 182 valence electrons. The van der Waals surface area contributed by atoms with E-state index >= 15 is 0 Å². The number of hydrogen-bond acceptors (Lipinski definition) is 6. The van der Waals surface area contributed by atoms with Crippen molar-refractivity contribution in [3.05, 3.63) is 29.8 Å². The second kappa shape index (κ2) is 10.8. The fourth-order valence-corrected chi connectivity index (χ4v) is 4.15. The monoisotopic (exact) mass is 531 g/mol. The number of carboxylic acid groups (broad SMARTS) is 3. The number of quaternary nitrogens is 1. The Hall–Kier alpha value is -2.99. The number of methoxy groups -OCH3 is 1. The van der Waals surface area contributed by atoms with Crippen molar-refractivity contribution in [2.75, 3.05) is 30.8 Å². The van der Waals surface area contributed by atoms with E-state index < -0.39 is 52.5 Å². The maximum Gasteiger partial charge on any atom is 0.367 e. The summed E-state index contributed by atoms with van der Waals surface area (Å²) in [4.78, 5) is 60.5. The highest BCUT2D eigenvalue weighted by Crippen LogP contribution is 2.39. The first-order valence-electron chi connectivity index (χ1n) is 9.74. The van der Waals surface area contributed by atoms with Gasteiger partial charge >= 0.3 is 23.9 Å². The molecule has 1 amide bonds. The van der Waals surface area contributed by atoms with Gasteiger partial charge in [0.05, 0.1) is 12.4 Å². The average Bonchev–Trinajstić information content (AvgIpc) is 2.72. The lowest BCUT2D eigenvalue weighted by Gasteiger charge is -2.54. The number of hydrogen-bond donors (Lipinski definition) is 4. The van der Waals surface area contributed by atoms with Crippen molar-refractivity contribution >= 4 is 51.4 Å². The number of carbonyl (C=O) groups is 5. The number of amides is 1. The van der Waals surface area contributed by atoms with Crippen molar-refractivity contribution in [1.82, 2.24) is 0 Å². The Balaban J connectivity index is 3.70. The molecule has 0 bridgehead atoms. The van der Waals surface area contributed by atoms with Gasteiger partial charge in [0.25, 0.3) is 0 Å². The summed E-state index contributed by atoms with van der Waals surface area (Å²) in [6.07, 6.45) is -0.310. The van der Waals surface area contributed by atoms with Crippen molar-refractivity contribution in [3.63, 3.8) is 0 Å². The van der Waals surface area contributed by atoms with Crippen LogP contribution in [-0.4, -0.2) is 86.2 Å². The van der Waals surface area contributed by atoms with Crippen molar-refractivity contribution in [2.45, 2.75) is 38.3 Å². The first-order chi connectivity index (χ1) is 15.2. The molecule has 0 heterocycles. The van der Waals surface area contributed by atoms with Gasteiger partial charge in [-0.1, -0.05) is 28.1 Å². The molecule has 1 unspecified atom stereocenters. The Bertz CT molecular complexity index is 914. The number of alkyl halides is 1. The number of anilines is 1. The van der Waals surface area contributed by atoms with Gasteiger partial charge in [0, 0.05) is 32.9 Å². The summed E-state index contributed by atoms with van der Waals surface area (Å²) < 4.78 is 3.65. The second-order valence-electron chi connectivity index (χ2n) is 8.26. The van der Waals surface area contributed by atoms with Crippen LogP contribution in [0.15, 0.2) is 24.3 Å². The first kappa shape index (κ1) is 28.0. The van der Waals surface area contributed by atoms with Crippen LogP contribution >= 0.6 is 15.9 Å². The molecule has 0 fully saturated rings. The third kappa shape index (κ3) is 5.88. The molecule has 1 rings (SSSR count). The van der Waals surface area contributed by atoms with Crippen LogP contribution in [-0.2, 0) is 35.1 Å². The molecule has 0 aliphatic rings. The normalized spacial score (nSPS) is 13.5. The Labute approximate surface area is 199 Å². The molecule has 0 aromatic heterocycles. The molecular formula is C21H28BrN2O9+. The van der Waals surface area contributed by atoms with Gasteiger partial charge in [-0.25, -0.2) is 19.2 Å². The lowest BCUT2D eigenvalue weighted by molar-refractivity contribution is -0.986. The van der Waals surface area contributed by atoms with Crippen LogP contribution in [0.25, 0.3) is 0 Å². The van der Waals surface area contributed by atoms with E-state index in [2.05, 4.69) is 21.2 Å². The van der Waals surface area contributed by atoms with Gasteiger partial charge < -0.3 is 25.4 Å². The molecule has 12 heteroatoms. The van der Waals surface area contributed by atoms with Gasteiger partial charge in [0.2, 0.25) is 5.91 Å². The van der Waals surface area contributed by atoms with Gasteiger partial charge in [0.1, 0.15) is 0 Å². The molecule has 4 N–H and O–H groups in total. The number of carbonyl (C=O) groups excluding carboxylic acids is 2. The first-order valence-corrected chi connectivity index (χ1v) is 10.9. The van der Waals surface area contributed by atoms with E-state index in [9.17, 15) is 39.3 Å². The zero-order valence-corrected chi connectivity index (χ0v) is 20.3. The van der Waals surface area contributed by atoms with E-state index in [1.165, 1.54) is 45.0 Å². The average molecular weight is 532 g/mol. The highest BCUT2D eigenvalue weighted by atomic mass is 79.9.